The smallest absolute Gasteiger partial charge is 0.239 e. The molecular formula is C19H22FN5O. The molecule has 1 amide bonds. The van der Waals surface area contributed by atoms with Crippen LogP contribution in [0.3, 0.4) is 0 Å². The molecule has 136 valence electrons. The molecule has 0 aliphatic heterocycles. The number of halogens is 1. The quantitative estimate of drug-likeness (QED) is 0.861. The topological polar surface area (TPSA) is 81.9 Å². The molecule has 0 radical (unpaired) electrons. The van der Waals surface area contributed by atoms with Gasteiger partial charge in [-0.1, -0.05) is 39.0 Å². The summed E-state index contributed by atoms with van der Waals surface area (Å²) < 4.78 is 13.7. The highest BCUT2D eigenvalue weighted by molar-refractivity contribution is 5.81. The van der Waals surface area contributed by atoms with Crippen LogP contribution in [0.15, 0.2) is 36.5 Å². The average molecular weight is 355 g/mol. The lowest BCUT2D eigenvalue weighted by Gasteiger charge is -2.30. The molecule has 0 atom stereocenters. The van der Waals surface area contributed by atoms with Crippen LogP contribution in [0, 0.1) is 22.6 Å². The predicted molar refractivity (Wildman–Crippen MR) is 96.7 cm³/mol. The minimum atomic E-state index is -0.353. The highest BCUT2D eigenvalue weighted by Crippen LogP contribution is 2.19. The van der Waals surface area contributed by atoms with Gasteiger partial charge in [-0.05, 0) is 17.5 Å². The van der Waals surface area contributed by atoms with E-state index in [-0.39, 0.29) is 36.1 Å². The Bertz CT molecular complexity index is 810. The van der Waals surface area contributed by atoms with Crippen molar-refractivity contribution in [1.29, 1.82) is 5.26 Å². The summed E-state index contributed by atoms with van der Waals surface area (Å²) in [5, 5.41) is 11.7. The van der Waals surface area contributed by atoms with Gasteiger partial charge in [-0.3, -0.25) is 4.79 Å². The largest absolute Gasteiger partial charge is 0.350 e. The molecule has 0 spiro atoms. The summed E-state index contributed by atoms with van der Waals surface area (Å²) in [6, 6.07) is 9.88. The van der Waals surface area contributed by atoms with Gasteiger partial charge < -0.3 is 10.2 Å². The maximum atomic E-state index is 13.7. The molecule has 0 saturated heterocycles. The molecule has 0 fully saturated rings. The van der Waals surface area contributed by atoms with E-state index in [1.54, 1.807) is 29.2 Å². The minimum Gasteiger partial charge on any atom is -0.350 e. The molecule has 0 saturated carbocycles. The molecule has 0 aliphatic rings. The number of rotatable bonds is 6. The second-order valence-corrected chi connectivity index (χ2v) is 7.14. The zero-order chi connectivity index (χ0) is 19.2. The normalized spacial score (nSPS) is 10.9. The van der Waals surface area contributed by atoms with Gasteiger partial charge in [0, 0.05) is 24.8 Å². The molecule has 1 heterocycles. The van der Waals surface area contributed by atoms with Crippen LogP contribution in [-0.2, 0) is 11.3 Å². The molecule has 1 aromatic carbocycles. The molecule has 7 heteroatoms. The second kappa shape index (κ2) is 8.39. The SMILES string of the molecule is CC(C)(C)CN(CC(=O)NCc1ccccc1F)c1ccnc(C#N)n1. The van der Waals surface area contributed by atoms with Crippen LogP contribution < -0.4 is 10.2 Å². The van der Waals surface area contributed by atoms with Crippen molar-refractivity contribution in [3.8, 4) is 6.07 Å². The Morgan fingerprint density at radius 1 is 1.31 bits per heavy atom. The first-order chi connectivity index (χ1) is 12.3. The molecule has 0 bridgehead atoms. The Morgan fingerprint density at radius 2 is 2.04 bits per heavy atom. The number of nitriles is 1. The van der Waals surface area contributed by atoms with Crippen molar-refractivity contribution in [2.45, 2.75) is 27.3 Å². The van der Waals surface area contributed by atoms with Gasteiger partial charge in [-0.15, -0.1) is 0 Å². The highest BCUT2D eigenvalue weighted by atomic mass is 19.1. The third kappa shape index (κ3) is 5.81. The van der Waals surface area contributed by atoms with E-state index in [1.165, 1.54) is 12.3 Å². The number of amides is 1. The van der Waals surface area contributed by atoms with Gasteiger partial charge in [0.1, 0.15) is 17.7 Å². The zero-order valence-electron chi connectivity index (χ0n) is 15.2. The van der Waals surface area contributed by atoms with Crippen molar-refractivity contribution in [2.24, 2.45) is 5.41 Å². The summed E-state index contributed by atoms with van der Waals surface area (Å²) >= 11 is 0. The average Bonchev–Trinajstić information content (AvgIpc) is 2.59. The molecule has 0 unspecified atom stereocenters. The number of aromatic nitrogens is 2. The van der Waals surface area contributed by atoms with Crippen LogP contribution in [0.1, 0.15) is 32.2 Å². The molecule has 1 aromatic heterocycles. The maximum Gasteiger partial charge on any atom is 0.239 e. The first-order valence-electron chi connectivity index (χ1n) is 8.27. The first kappa shape index (κ1) is 19.3. The standard InChI is InChI=1S/C19H22FN5O/c1-19(2,3)13-25(17-8-9-22-16(10-21)24-17)12-18(26)23-11-14-6-4-5-7-15(14)20/h4-9H,11-13H2,1-3H3,(H,23,26). The number of anilines is 1. The fraction of sp³-hybridized carbons (Fsp3) is 0.368. The van der Waals surface area contributed by atoms with Crippen LogP contribution in [0.4, 0.5) is 10.2 Å². The van der Waals surface area contributed by atoms with Gasteiger partial charge in [0.2, 0.25) is 11.7 Å². The summed E-state index contributed by atoms with van der Waals surface area (Å²) in [6.07, 6.45) is 1.49. The first-order valence-corrected chi connectivity index (χ1v) is 8.27. The lowest BCUT2D eigenvalue weighted by Crippen LogP contribution is -2.41. The third-order valence-electron chi connectivity index (χ3n) is 3.50. The highest BCUT2D eigenvalue weighted by Gasteiger charge is 2.21. The van der Waals surface area contributed by atoms with Gasteiger partial charge in [0.15, 0.2) is 0 Å². The van der Waals surface area contributed by atoms with Crippen molar-refractivity contribution >= 4 is 11.7 Å². The van der Waals surface area contributed by atoms with Crippen molar-refractivity contribution < 1.29 is 9.18 Å². The van der Waals surface area contributed by atoms with Gasteiger partial charge in [-0.2, -0.15) is 5.26 Å². The zero-order valence-corrected chi connectivity index (χ0v) is 15.2. The van der Waals surface area contributed by atoms with E-state index < -0.39 is 0 Å². The number of carbonyl (C=O) groups excluding carboxylic acids is 1. The molecule has 6 nitrogen and oxygen atoms in total. The lowest BCUT2D eigenvalue weighted by atomic mass is 9.96. The summed E-state index contributed by atoms with van der Waals surface area (Å²) in [5.41, 5.74) is 0.334. The Balaban J connectivity index is 2.09. The number of nitrogens with one attached hydrogen (secondary N) is 1. The number of hydrogen-bond donors (Lipinski definition) is 1. The fourth-order valence-electron chi connectivity index (χ4n) is 2.43. The van der Waals surface area contributed by atoms with E-state index in [0.717, 1.165) is 0 Å². The molecule has 0 aliphatic carbocycles. The molecule has 1 N–H and O–H groups in total. The maximum absolute atomic E-state index is 13.7. The van der Waals surface area contributed by atoms with Gasteiger partial charge in [0.05, 0.1) is 6.54 Å². The van der Waals surface area contributed by atoms with E-state index in [9.17, 15) is 9.18 Å². The van der Waals surface area contributed by atoms with Crippen molar-refractivity contribution in [2.75, 3.05) is 18.0 Å². The number of hydrogen-bond acceptors (Lipinski definition) is 5. The van der Waals surface area contributed by atoms with E-state index in [0.29, 0.717) is 17.9 Å². The van der Waals surface area contributed by atoms with Crippen LogP contribution >= 0.6 is 0 Å². The van der Waals surface area contributed by atoms with Gasteiger partial charge in [-0.25, -0.2) is 14.4 Å². The minimum absolute atomic E-state index is 0.0492. The van der Waals surface area contributed by atoms with Crippen LogP contribution in [0.5, 0.6) is 0 Å². The molecule has 2 rings (SSSR count). The molecule has 2 aromatic rings. The van der Waals surface area contributed by atoms with Crippen LogP contribution in [0.2, 0.25) is 0 Å². The Kier molecular flexibility index (Phi) is 6.23. The third-order valence-corrected chi connectivity index (χ3v) is 3.50. The van der Waals surface area contributed by atoms with Gasteiger partial charge >= 0.3 is 0 Å². The van der Waals surface area contributed by atoms with Crippen LogP contribution in [0.25, 0.3) is 0 Å². The molecular weight excluding hydrogens is 333 g/mol. The van der Waals surface area contributed by atoms with Crippen molar-refractivity contribution in [3.05, 3.63) is 53.7 Å². The van der Waals surface area contributed by atoms with Crippen molar-refractivity contribution in [3.63, 3.8) is 0 Å². The lowest BCUT2D eigenvalue weighted by molar-refractivity contribution is -0.120. The predicted octanol–water partition coefficient (Wildman–Crippen LogP) is 2.66. The van der Waals surface area contributed by atoms with E-state index in [2.05, 4.69) is 15.3 Å². The van der Waals surface area contributed by atoms with Gasteiger partial charge in [0.25, 0.3) is 0 Å². The van der Waals surface area contributed by atoms with E-state index >= 15 is 0 Å². The summed E-state index contributed by atoms with van der Waals surface area (Å²) in [6.45, 7) is 6.86. The van der Waals surface area contributed by atoms with Crippen molar-refractivity contribution in [1.82, 2.24) is 15.3 Å². The number of benzene rings is 1. The summed E-state index contributed by atoms with van der Waals surface area (Å²) in [4.78, 5) is 22.2. The van der Waals surface area contributed by atoms with Crippen LogP contribution in [-0.4, -0.2) is 29.0 Å². The summed E-state index contributed by atoms with van der Waals surface area (Å²) in [5.74, 6) is -0.0517. The summed E-state index contributed by atoms with van der Waals surface area (Å²) in [7, 11) is 0. The Morgan fingerprint density at radius 3 is 2.69 bits per heavy atom. The number of carbonyl (C=O) groups is 1. The number of nitrogens with zero attached hydrogens (tertiary/aromatic N) is 4. The monoisotopic (exact) mass is 355 g/mol. The fourth-order valence-corrected chi connectivity index (χ4v) is 2.43. The van der Waals surface area contributed by atoms with E-state index in [4.69, 9.17) is 5.26 Å². The Hall–Kier alpha value is -3.01. The molecule has 26 heavy (non-hydrogen) atoms. The van der Waals surface area contributed by atoms with E-state index in [1.807, 2.05) is 26.8 Å². The Labute approximate surface area is 152 Å². The second-order valence-electron chi connectivity index (χ2n) is 7.14.